The fraction of sp³-hybridized carbons (Fsp3) is 0.364. The largest absolute Gasteiger partial charge is 0.493 e. The Morgan fingerprint density at radius 1 is 1.00 bits per heavy atom. The van der Waals surface area contributed by atoms with Gasteiger partial charge in [-0.3, -0.25) is 9.59 Å². The van der Waals surface area contributed by atoms with Gasteiger partial charge in [-0.25, -0.2) is 0 Å². The number of methoxy groups -OCH3 is 1. The molecule has 0 aliphatic carbocycles. The molecule has 0 fully saturated rings. The van der Waals surface area contributed by atoms with Gasteiger partial charge in [0, 0.05) is 25.1 Å². The first-order valence-electron chi connectivity index (χ1n) is 9.85. The van der Waals surface area contributed by atoms with E-state index < -0.39 is 0 Å². The summed E-state index contributed by atoms with van der Waals surface area (Å²) >= 11 is 0. The number of amides is 2. The van der Waals surface area contributed by atoms with Crippen molar-refractivity contribution in [2.24, 2.45) is 0 Å². The number of nitrogens with one attached hydrogen (secondary N) is 2. The van der Waals surface area contributed by atoms with Crippen LogP contribution in [0.2, 0.25) is 0 Å². The van der Waals surface area contributed by atoms with Gasteiger partial charge in [0.15, 0.2) is 23.0 Å². The molecule has 2 N–H and O–H groups in total. The van der Waals surface area contributed by atoms with Crippen molar-refractivity contribution in [3.63, 3.8) is 0 Å². The van der Waals surface area contributed by atoms with E-state index in [2.05, 4.69) is 10.6 Å². The van der Waals surface area contributed by atoms with E-state index >= 15 is 0 Å². The van der Waals surface area contributed by atoms with Gasteiger partial charge in [0.05, 0.1) is 13.7 Å². The molecule has 0 saturated carbocycles. The van der Waals surface area contributed by atoms with Crippen LogP contribution < -0.4 is 29.6 Å². The first-order valence-corrected chi connectivity index (χ1v) is 9.85. The summed E-state index contributed by atoms with van der Waals surface area (Å²) in [6.45, 7) is 3.31. The van der Waals surface area contributed by atoms with E-state index in [1.54, 1.807) is 25.3 Å². The van der Waals surface area contributed by atoms with E-state index in [4.69, 9.17) is 18.9 Å². The first kappa shape index (κ1) is 21.3. The third-order valence-electron chi connectivity index (χ3n) is 4.54. The summed E-state index contributed by atoms with van der Waals surface area (Å²) in [4.78, 5) is 24.3. The van der Waals surface area contributed by atoms with Gasteiger partial charge in [-0.15, -0.1) is 0 Å². The van der Waals surface area contributed by atoms with Gasteiger partial charge in [-0.1, -0.05) is 6.07 Å². The van der Waals surface area contributed by atoms with E-state index in [9.17, 15) is 9.59 Å². The second-order valence-corrected chi connectivity index (χ2v) is 6.59. The van der Waals surface area contributed by atoms with E-state index in [-0.39, 0.29) is 18.6 Å². The molecule has 8 nitrogen and oxygen atoms in total. The first-order chi connectivity index (χ1) is 14.6. The average Bonchev–Trinajstić information content (AvgIpc) is 3.24. The van der Waals surface area contributed by atoms with E-state index in [0.29, 0.717) is 61.1 Å². The lowest BCUT2D eigenvalue weighted by atomic mass is 10.1. The summed E-state index contributed by atoms with van der Waals surface area (Å²) in [5.41, 5.74) is 1.47. The van der Waals surface area contributed by atoms with Crippen LogP contribution in [0.1, 0.15) is 29.3 Å². The predicted molar refractivity (Wildman–Crippen MR) is 110 cm³/mol. The zero-order valence-electron chi connectivity index (χ0n) is 17.2. The Bertz CT molecular complexity index is 899. The van der Waals surface area contributed by atoms with Crippen LogP contribution in [0.4, 0.5) is 0 Å². The summed E-state index contributed by atoms with van der Waals surface area (Å²) in [5.74, 6) is 2.21. The molecule has 8 heteroatoms. The van der Waals surface area contributed by atoms with Gasteiger partial charge in [0.25, 0.3) is 5.91 Å². The fourth-order valence-corrected chi connectivity index (χ4v) is 3.01. The standard InChI is InChI=1S/C22H26N2O6/c1-3-28-17-7-4-15(12-19(17)27-2)5-9-21(25)23-10-11-24-22(26)16-6-8-18-20(13-16)30-14-29-18/h4,6-8,12-13H,3,5,9-11,14H2,1-2H3,(H,23,25)(H,24,26). The normalized spacial score (nSPS) is 11.7. The maximum Gasteiger partial charge on any atom is 0.251 e. The lowest BCUT2D eigenvalue weighted by Crippen LogP contribution is -2.34. The van der Waals surface area contributed by atoms with Crippen molar-refractivity contribution < 1.29 is 28.5 Å². The van der Waals surface area contributed by atoms with Crippen LogP contribution in [0.3, 0.4) is 0 Å². The molecule has 2 amide bonds. The summed E-state index contributed by atoms with van der Waals surface area (Å²) in [7, 11) is 1.59. The molecule has 1 aliphatic rings. The Labute approximate surface area is 175 Å². The lowest BCUT2D eigenvalue weighted by molar-refractivity contribution is -0.121. The average molecular weight is 414 g/mol. The fourth-order valence-electron chi connectivity index (χ4n) is 3.01. The van der Waals surface area contributed by atoms with Crippen molar-refractivity contribution in [3.05, 3.63) is 47.5 Å². The molecule has 0 unspecified atom stereocenters. The molecule has 0 spiro atoms. The number of hydrogen-bond acceptors (Lipinski definition) is 6. The van der Waals surface area contributed by atoms with Crippen molar-refractivity contribution in [3.8, 4) is 23.0 Å². The highest BCUT2D eigenvalue weighted by molar-refractivity contribution is 5.95. The van der Waals surface area contributed by atoms with Crippen molar-refractivity contribution in [1.82, 2.24) is 10.6 Å². The number of aryl methyl sites for hydroxylation is 1. The maximum atomic E-state index is 12.2. The zero-order valence-corrected chi connectivity index (χ0v) is 17.2. The van der Waals surface area contributed by atoms with Crippen LogP contribution in [-0.2, 0) is 11.2 Å². The molecular weight excluding hydrogens is 388 g/mol. The molecule has 2 aromatic rings. The minimum Gasteiger partial charge on any atom is -0.493 e. The second kappa shape index (κ2) is 10.4. The van der Waals surface area contributed by atoms with Crippen molar-refractivity contribution in [2.45, 2.75) is 19.8 Å². The van der Waals surface area contributed by atoms with Crippen LogP contribution in [-0.4, -0.2) is 45.4 Å². The summed E-state index contributed by atoms with van der Waals surface area (Å²) in [6.07, 6.45) is 0.922. The molecule has 2 aromatic carbocycles. The Hall–Kier alpha value is -3.42. The monoisotopic (exact) mass is 414 g/mol. The molecule has 1 aliphatic heterocycles. The Kier molecular flexibility index (Phi) is 7.37. The van der Waals surface area contributed by atoms with E-state index in [1.165, 1.54) is 0 Å². The van der Waals surface area contributed by atoms with Crippen molar-refractivity contribution >= 4 is 11.8 Å². The van der Waals surface area contributed by atoms with Crippen LogP contribution in [0.5, 0.6) is 23.0 Å². The third-order valence-corrected chi connectivity index (χ3v) is 4.54. The third kappa shape index (κ3) is 5.56. The molecule has 0 aromatic heterocycles. The number of benzene rings is 2. The molecule has 160 valence electrons. The molecule has 0 saturated heterocycles. The molecule has 0 bridgehead atoms. The minimum absolute atomic E-state index is 0.0832. The van der Waals surface area contributed by atoms with Gasteiger partial charge in [0.1, 0.15) is 0 Å². The Balaban J connectivity index is 1.37. The second-order valence-electron chi connectivity index (χ2n) is 6.59. The zero-order chi connectivity index (χ0) is 21.3. The van der Waals surface area contributed by atoms with Crippen LogP contribution >= 0.6 is 0 Å². The topological polar surface area (TPSA) is 95.1 Å². The van der Waals surface area contributed by atoms with Crippen LogP contribution in [0.15, 0.2) is 36.4 Å². The summed E-state index contributed by atoms with van der Waals surface area (Å²) < 4.78 is 21.3. The molecule has 0 radical (unpaired) electrons. The number of rotatable bonds is 10. The van der Waals surface area contributed by atoms with Gasteiger partial charge in [-0.05, 0) is 49.2 Å². The lowest BCUT2D eigenvalue weighted by Gasteiger charge is -2.11. The highest BCUT2D eigenvalue weighted by atomic mass is 16.7. The van der Waals surface area contributed by atoms with E-state index in [1.807, 2.05) is 25.1 Å². The van der Waals surface area contributed by atoms with E-state index in [0.717, 1.165) is 5.56 Å². The molecule has 0 atom stereocenters. The molecular formula is C22H26N2O6. The molecule has 30 heavy (non-hydrogen) atoms. The quantitative estimate of drug-likeness (QED) is 0.580. The van der Waals surface area contributed by atoms with Crippen molar-refractivity contribution in [2.75, 3.05) is 33.6 Å². The van der Waals surface area contributed by atoms with Crippen LogP contribution in [0, 0.1) is 0 Å². The minimum atomic E-state index is -0.232. The van der Waals surface area contributed by atoms with Gasteiger partial charge >= 0.3 is 0 Å². The van der Waals surface area contributed by atoms with Crippen LogP contribution in [0.25, 0.3) is 0 Å². The maximum absolute atomic E-state index is 12.2. The number of carbonyl (C=O) groups is 2. The highest BCUT2D eigenvalue weighted by Gasteiger charge is 2.16. The number of hydrogen-bond donors (Lipinski definition) is 2. The number of ether oxygens (including phenoxy) is 4. The smallest absolute Gasteiger partial charge is 0.251 e. The SMILES string of the molecule is CCOc1ccc(CCC(=O)NCCNC(=O)c2ccc3c(c2)OCO3)cc1OC. The Morgan fingerprint density at radius 2 is 1.80 bits per heavy atom. The number of fused-ring (bicyclic) bond motifs is 1. The van der Waals surface area contributed by atoms with Gasteiger partial charge in [-0.2, -0.15) is 0 Å². The van der Waals surface area contributed by atoms with Gasteiger partial charge < -0.3 is 29.6 Å². The van der Waals surface area contributed by atoms with Crippen molar-refractivity contribution in [1.29, 1.82) is 0 Å². The van der Waals surface area contributed by atoms with Gasteiger partial charge in [0.2, 0.25) is 12.7 Å². The molecule has 1 heterocycles. The predicted octanol–water partition coefficient (Wildman–Crippen LogP) is 2.30. The highest BCUT2D eigenvalue weighted by Crippen LogP contribution is 2.32. The Morgan fingerprint density at radius 3 is 2.60 bits per heavy atom. The molecule has 3 rings (SSSR count). The number of carbonyl (C=O) groups excluding carboxylic acids is 2. The summed E-state index contributed by atoms with van der Waals surface area (Å²) in [6, 6.07) is 10.7. The summed E-state index contributed by atoms with van der Waals surface area (Å²) in [5, 5.41) is 5.58.